The summed E-state index contributed by atoms with van der Waals surface area (Å²) in [5.74, 6) is 1.63. The van der Waals surface area contributed by atoms with Crippen molar-refractivity contribution in [2.75, 3.05) is 13.2 Å². The summed E-state index contributed by atoms with van der Waals surface area (Å²) in [6, 6.07) is 0. The van der Waals surface area contributed by atoms with E-state index in [4.69, 9.17) is 14.2 Å². The fourth-order valence-corrected chi connectivity index (χ4v) is 7.73. The highest BCUT2D eigenvalue weighted by molar-refractivity contribution is 5.71. The van der Waals surface area contributed by atoms with Gasteiger partial charge in [0, 0.05) is 19.3 Å². The molecule has 0 aromatic carbocycles. The fourth-order valence-electron chi connectivity index (χ4n) is 7.73. The lowest BCUT2D eigenvalue weighted by molar-refractivity contribution is -0.167. The number of unbranched alkanes of at least 4 members (excludes halogenated alkanes) is 27. The summed E-state index contributed by atoms with van der Waals surface area (Å²) in [6.45, 7) is 13.7. The van der Waals surface area contributed by atoms with Crippen LogP contribution in [0.4, 0.5) is 0 Å². The number of carbonyl (C=O) groups excluding carboxylic acids is 3. The molecule has 0 aliphatic heterocycles. The van der Waals surface area contributed by atoms with Gasteiger partial charge in [-0.25, -0.2) is 0 Å². The van der Waals surface area contributed by atoms with Gasteiger partial charge >= 0.3 is 17.9 Å². The first kappa shape index (κ1) is 56.4. The van der Waals surface area contributed by atoms with E-state index in [1.807, 2.05) is 0 Å². The summed E-state index contributed by atoms with van der Waals surface area (Å²) in [5, 5.41) is 0. The molecule has 1 unspecified atom stereocenters. The van der Waals surface area contributed by atoms with E-state index < -0.39 is 6.10 Å². The van der Waals surface area contributed by atoms with Crippen LogP contribution in [-0.4, -0.2) is 37.2 Å². The van der Waals surface area contributed by atoms with Gasteiger partial charge in [-0.1, -0.05) is 241 Å². The van der Waals surface area contributed by atoms with Crippen LogP contribution in [0.3, 0.4) is 0 Å². The average molecular weight is 821 g/mol. The molecule has 0 rings (SSSR count). The Morgan fingerprint density at radius 1 is 0.345 bits per heavy atom. The van der Waals surface area contributed by atoms with E-state index in [1.54, 1.807) is 0 Å². The molecule has 58 heavy (non-hydrogen) atoms. The zero-order chi connectivity index (χ0) is 42.7. The number of carbonyl (C=O) groups is 3. The summed E-state index contributed by atoms with van der Waals surface area (Å²) < 4.78 is 16.8. The van der Waals surface area contributed by atoms with Crippen molar-refractivity contribution in [2.24, 2.45) is 17.8 Å². The minimum atomic E-state index is -0.763. The summed E-state index contributed by atoms with van der Waals surface area (Å²) in [5.41, 5.74) is 0. The normalized spacial score (nSPS) is 12.6. The quantitative estimate of drug-likeness (QED) is 0.0346. The van der Waals surface area contributed by atoms with Crippen molar-refractivity contribution in [3.63, 3.8) is 0 Å². The molecule has 0 bridgehead atoms. The Balaban J connectivity index is 4.30. The molecule has 0 aromatic heterocycles. The second kappa shape index (κ2) is 43.5. The van der Waals surface area contributed by atoms with Crippen LogP contribution in [0.1, 0.15) is 279 Å². The molecule has 0 amide bonds. The van der Waals surface area contributed by atoms with Gasteiger partial charge in [-0.05, 0) is 37.0 Å². The molecule has 0 saturated heterocycles. The summed E-state index contributed by atoms with van der Waals surface area (Å²) in [6.07, 6.45) is 42.3. The van der Waals surface area contributed by atoms with Crippen LogP contribution in [0.5, 0.6) is 0 Å². The van der Waals surface area contributed by atoms with Crippen LogP contribution in [0, 0.1) is 17.8 Å². The van der Waals surface area contributed by atoms with Crippen molar-refractivity contribution in [2.45, 2.75) is 285 Å². The molecule has 0 radical (unpaired) electrons. The van der Waals surface area contributed by atoms with E-state index in [0.29, 0.717) is 19.3 Å². The van der Waals surface area contributed by atoms with Crippen LogP contribution >= 0.6 is 0 Å². The Hall–Kier alpha value is -1.59. The zero-order valence-corrected chi connectivity index (χ0v) is 39.8. The molecule has 344 valence electrons. The second-order valence-electron chi connectivity index (χ2n) is 19.0. The van der Waals surface area contributed by atoms with Gasteiger partial charge < -0.3 is 14.2 Å². The third kappa shape index (κ3) is 44.0. The highest BCUT2D eigenvalue weighted by Crippen LogP contribution is 2.18. The summed E-state index contributed by atoms with van der Waals surface area (Å²) >= 11 is 0. The lowest BCUT2D eigenvalue weighted by Gasteiger charge is -2.18. The molecular weight excluding hydrogens is 721 g/mol. The number of hydrogen-bond acceptors (Lipinski definition) is 6. The number of hydrogen-bond donors (Lipinski definition) is 0. The van der Waals surface area contributed by atoms with Crippen LogP contribution in [0.15, 0.2) is 0 Å². The van der Waals surface area contributed by atoms with Crippen LogP contribution in [0.25, 0.3) is 0 Å². The third-order valence-corrected chi connectivity index (χ3v) is 12.0. The molecule has 0 aromatic rings. The van der Waals surface area contributed by atoms with Crippen molar-refractivity contribution in [3.8, 4) is 0 Å². The van der Waals surface area contributed by atoms with E-state index in [0.717, 1.165) is 75.5 Å². The Morgan fingerprint density at radius 2 is 0.603 bits per heavy atom. The lowest BCUT2D eigenvalue weighted by Crippen LogP contribution is -2.30. The van der Waals surface area contributed by atoms with Gasteiger partial charge in [0.05, 0.1) is 0 Å². The Morgan fingerprint density at radius 3 is 0.897 bits per heavy atom. The van der Waals surface area contributed by atoms with Gasteiger partial charge in [0.1, 0.15) is 13.2 Å². The maximum absolute atomic E-state index is 12.8. The van der Waals surface area contributed by atoms with E-state index in [2.05, 4.69) is 41.5 Å². The monoisotopic (exact) mass is 821 g/mol. The van der Waals surface area contributed by atoms with Crippen molar-refractivity contribution >= 4 is 17.9 Å². The molecule has 0 aliphatic rings. The molecule has 0 heterocycles. The zero-order valence-electron chi connectivity index (χ0n) is 39.8. The molecule has 0 N–H and O–H groups in total. The number of ether oxygens (including phenoxy) is 3. The maximum atomic E-state index is 12.8. The number of rotatable bonds is 45. The van der Waals surface area contributed by atoms with E-state index in [-0.39, 0.29) is 31.1 Å². The molecule has 6 nitrogen and oxygen atoms in total. The van der Waals surface area contributed by atoms with Crippen molar-refractivity contribution in [1.29, 1.82) is 0 Å². The molecule has 2 atom stereocenters. The maximum Gasteiger partial charge on any atom is 0.306 e. The first-order chi connectivity index (χ1) is 28.1. The second-order valence-corrected chi connectivity index (χ2v) is 19.0. The van der Waals surface area contributed by atoms with Crippen molar-refractivity contribution in [1.82, 2.24) is 0 Å². The molecule has 0 aliphatic carbocycles. The smallest absolute Gasteiger partial charge is 0.306 e. The van der Waals surface area contributed by atoms with Gasteiger partial charge in [0.15, 0.2) is 6.10 Å². The Kier molecular flexibility index (Phi) is 42.3. The van der Waals surface area contributed by atoms with E-state index in [9.17, 15) is 14.4 Å². The van der Waals surface area contributed by atoms with Gasteiger partial charge in [-0.3, -0.25) is 14.4 Å². The molecular formula is C52H100O6. The Labute approximate surface area is 361 Å². The topological polar surface area (TPSA) is 78.9 Å². The van der Waals surface area contributed by atoms with Gasteiger partial charge in [0.25, 0.3) is 0 Å². The summed E-state index contributed by atoms with van der Waals surface area (Å²) in [7, 11) is 0. The molecule has 0 spiro atoms. The molecule has 0 saturated carbocycles. The van der Waals surface area contributed by atoms with Gasteiger partial charge in [-0.2, -0.15) is 0 Å². The molecule has 6 heteroatoms. The standard InChI is InChI=1S/C52H100O6/c1-7-48(6)40-34-28-22-16-13-14-18-24-31-37-43-52(55)58-49(45-57-51(54)42-36-30-25-19-21-27-33-39-47(4)5)44-56-50(53)41-35-29-23-17-12-10-8-9-11-15-20-26-32-38-46(2)3/h46-49H,7-45H2,1-6H3/t48?,49-/m1/s1. The molecule has 0 fully saturated rings. The predicted molar refractivity (Wildman–Crippen MR) is 247 cm³/mol. The van der Waals surface area contributed by atoms with Gasteiger partial charge in [0.2, 0.25) is 0 Å². The van der Waals surface area contributed by atoms with Crippen LogP contribution < -0.4 is 0 Å². The largest absolute Gasteiger partial charge is 0.462 e. The van der Waals surface area contributed by atoms with Crippen LogP contribution in [0.2, 0.25) is 0 Å². The first-order valence-corrected chi connectivity index (χ1v) is 25.6. The lowest BCUT2D eigenvalue weighted by atomic mass is 9.99. The Bertz CT molecular complexity index is 900. The highest BCUT2D eigenvalue weighted by Gasteiger charge is 2.19. The van der Waals surface area contributed by atoms with E-state index >= 15 is 0 Å². The first-order valence-electron chi connectivity index (χ1n) is 25.6. The predicted octanol–water partition coefficient (Wildman–Crippen LogP) is 16.4. The minimum Gasteiger partial charge on any atom is -0.462 e. The van der Waals surface area contributed by atoms with Gasteiger partial charge in [-0.15, -0.1) is 0 Å². The summed E-state index contributed by atoms with van der Waals surface area (Å²) in [4.78, 5) is 37.9. The average Bonchev–Trinajstić information content (AvgIpc) is 3.19. The third-order valence-electron chi connectivity index (χ3n) is 12.0. The van der Waals surface area contributed by atoms with E-state index in [1.165, 1.54) is 161 Å². The number of esters is 3. The van der Waals surface area contributed by atoms with Crippen molar-refractivity contribution < 1.29 is 28.6 Å². The minimum absolute atomic E-state index is 0.0652. The van der Waals surface area contributed by atoms with Crippen molar-refractivity contribution in [3.05, 3.63) is 0 Å². The fraction of sp³-hybridized carbons (Fsp3) is 0.942. The highest BCUT2D eigenvalue weighted by atomic mass is 16.6. The van der Waals surface area contributed by atoms with Crippen LogP contribution in [-0.2, 0) is 28.6 Å². The SMILES string of the molecule is CCC(C)CCCCCCCCCCCCC(=O)O[C@H](COC(=O)CCCCCCCCCCCCCCCC(C)C)COC(=O)CCCCCCCCCC(C)C.